The number of methoxy groups -OCH3 is 1. The van der Waals surface area contributed by atoms with Gasteiger partial charge in [0.05, 0.1) is 5.56 Å². The van der Waals surface area contributed by atoms with Crippen molar-refractivity contribution < 1.29 is 14.3 Å². The molecule has 2 aliphatic rings. The molecule has 6 nitrogen and oxygen atoms in total. The highest BCUT2D eigenvalue weighted by Gasteiger charge is 2.26. The summed E-state index contributed by atoms with van der Waals surface area (Å²) < 4.78 is 4.89. The molecule has 2 heterocycles. The minimum Gasteiger partial charge on any atom is -0.375 e. The normalized spacial score (nSPS) is 19.0. The van der Waals surface area contributed by atoms with Gasteiger partial charge in [-0.3, -0.25) is 9.59 Å². The third kappa shape index (κ3) is 5.04. The first-order valence-corrected chi connectivity index (χ1v) is 10.4. The van der Waals surface area contributed by atoms with E-state index in [2.05, 4.69) is 24.1 Å². The number of carbonyl (C=O) groups excluding carboxylic acids is 2. The molecular formula is C22H33N3O3. The first kappa shape index (κ1) is 20.6. The summed E-state index contributed by atoms with van der Waals surface area (Å²) in [4.78, 5) is 29.6. The van der Waals surface area contributed by atoms with Gasteiger partial charge in [-0.1, -0.05) is 13.8 Å². The molecule has 2 saturated heterocycles. The van der Waals surface area contributed by atoms with Gasteiger partial charge in [-0.05, 0) is 55.7 Å². The van der Waals surface area contributed by atoms with Gasteiger partial charge in [0, 0.05) is 44.7 Å². The fraction of sp³-hybridized carbons (Fsp3) is 0.636. The van der Waals surface area contributed by atoms with E-state index in [4.69, 9.17) is 4.74 Å². The summed E-state index contributed by atoms with van der Waals surface area (Å²) in [5.41, 5.74) is 2.32. The number of likely N-dealkylation sites (tertiary alicyclic amines) is 1. The summed E-state index contributed by atoms with van der Waals surface area (Å²) in [5, 5.41) is 2.83. The quantitative estimate of drug-likeness (QED) is 0.841. The van der Waals surface area contributed by atoms with Crippen LogP contribution >= 0.6 is 0 Å². The number of piperidine rings is 2. The summed E-state index contributed by atoms with van der Waals surface area (Å²) in [6.07, 6.45) is 4.38. The van der Waals surface area contributed by atoms with Crippen LogP contribution in [0, 0.1) is 11.8 Å². The first-order chi connectivity index (χ1) is 13.5. The Bertz CT molecular complexity index is 690. The zero-order valence-corrected chi connectivity index (χ0v) is 17.4. The molecule has 0 bridgehead atoms. The topological polar surface area (TPSA) is 61.9 Å². The second-order valence-electron chi connectivity index (χ2n) is 8.36. The van der Waals surface area contributed by atoms with Gasteiger partial charge in [-0.25, -0.2) is 0 Å². The predicted octanol–water partition coefficient (Wildman–Crippen LogP) is 3.38. The SMILES string of the molecule is COCC(=O)Nc1ccc(N2CCC(C)CC2)c(C(=O)N2CCC(C)CC2)c1. The van der Waals surface area contributed by atoms with Crippen LogP contribution in [0.5, 0.6) is 0 Å². The van der Waals surface area contributed by atoms with Crippen LogP contribution in [0.15, 0.2) is 18.2 Å². The lowest BCUT2D eigenvalue weighted by atomic mass is 9.96. The Morgan fingerprint density at radius 1 is 1.04 bits per heavy atom. The van der Waals surface area contributed by atoms with Crippen LogP contribution in [0.25, 0.3) is 0 Å². The van der Waals surface area contributed by atoms with E-state index in [0.717, 1.165) is 63.5 Å². The van der Waals surface area contributed by atoms with Crippen molar-refractivity contribution in [3.63, 3.8) is 0 Å². The number of amides is 2. The fourth-order valence-corrected chi connectivity index (χ4v) is 4.02. The standard InChI is InChI=1S/C22H33N3O3/c1-16-6-10-24(11-7-16)20-5-4-18(23-21(26)15-28-3)14-19(20)22(27)25-12-8-17(2)9-13-25/h4-5,14,16-17H,6-13,15H2,1-3H3,(H,23,26). The van der Waals surface area contributed by atoms with Gasteiger partial charge in [0.1, 0.15) is 6.61 Å². The molecular weight excluding hydrogens is 354 g/mol. The highest BCUT2D eigenvalue weighted by molar-refractivity contribution is 6.02. The Kier molecular flexibility index (Phi) is 6.94. The summed E-state index contributed by atoms with van der Waals surface area (Å²) in [7, 11) is 1.49. The molecule has 0 spiro atoms. The number of hydrogen-bond donors (Lipinski definition) is 1. The highest BCUT2D eigenvalue weighted by Crippen LogP contribution is 2.30. The van der Waals surface area contributed by atoms with Crippen molar-refractivity contribution in [3.8, 4) is 0 Å². The molecule has 0 saturated carbocycles. The van der Waals surface area contributed by atoms with E-state index in [9.17, 15) is 9.59 Å². The third-order valence-electron chi connectivity index (χ3n) is 5.98. The highest BCUT2D eigenvalue weighted by atomic mass is 16.5. The summed E-state index contributed by atoms with van der Waals surface area (Å²) >= 11 is 0. The maximum absolute atomic E-state index is 13.4. The molecule has 1 N–H and O–H groups in total. The number of carbonyl (C=O) groups is 2. The first-order valence-electron chi connectivity index (χ1n) is 10.4. The molecule has 0 aliphatic carbocycles. The number of anilines is 2. The van der Waals surface area contributed by atoms with Crippen molar-refractivity contribution in [2.45, 2.75) is 39.5 Å². The Hall–Kier alpha value is -2.08. The van der Waals surface area contributed by atoms with Crippen LogP contribution < -0.4 is 10.2 Å². The van der Waals surface area contributed by atoms with E-state index in [0.29, 0.717) is 17.2 Å². The van der Waals surface area contributed by atoms with E-state index < -0.39 is 0 Å². The van der Waals surface area contributed by atoms with Gasteiger partial charge in [-0.15, -0.1) is 0 Å². The molecule has 0 aromatic heterocycles. The number of rotatable bonds is 5. The van der Waals surface area contributed by atoms with Crippen molar-refractivity contribution in [1.29, 1.82) is 0 Å². The average Bonchev–Trinajstić information content (AvgIpc) is 2.69. The lowest BCUT2D eigenvalue weighted by Crippen LogP contribution is -2.40. The van der Waals surface area contributed by atoms with Crippen molar-refractivity contribution in [1.82, 2.24) is 4.90 Å². The molecule has 0 atom stereocenters. The number of ether oxygens (including phenoxy) is 1. The number of nitrogens with zero attached hydrogens (tertiary/aromatic N) is 2. The van der Waals surface area contributed by atoms with Gasteiger partial charge in [0.25, 0.3) is 5.91 Å². The Morgan fingerprint density at radius 2 is 1.64 bits per heavy atom. The van der Waals surface area contributed by atoms with Crippen LogP contribution in [-0.2, 0) is 9.53 Å². The number of nitrogens with one attached hydrogen (secondary N) is 1. The summed E-state index contributed by atoms with van der Waals surface area (Å²) in [6, 6.07) is 5.70. The van der Waals surface area contributed by atoms with Crippen molar-refractivity contribution in [2.24, 2.45) is 11.8 Å². The van der Waals surface area contributed by atoms with Gasteiger partial charge in [0.15, 0.2) is 0 Å². The lowest BCUT2D eigenvalue weighted by Gasteiger charge is -2.35. The second kappa shape index (κ2) is 9.41. The summed E-state index contributed by atoms with van der Waals surface area (Å²) in [6.45, 7) is 8.06. The third-order valence-corrected chi connectivity index (χ3v) is 5.98. The van der Waals surface area contributed by atoms with Crippen molar-refractivity contribution >= 4 is 23.2 Å². The molecule has 3 rings (SSSR count). The maximum Gasteiger partial charge on any atom is 0.256 e. The smallest absolute Gasteiger partial charge is 0.256 e. The molecule has 6 heteroatoms. The van der Waals surface area contributed by atoms with E-state index in [-0.39, 0.29) is 18.4 Å². The van der Waals surface area contributed by atoms with Crippen LogP contribution in [-0.4, -0.2) is 56.6 Å². The van der Waals surface area contributed by atoms with Crippen molar-refractivity contribution in [3.05, 3.63) is 23.8 Å². The molecule has 0 radical (unpaired) electrons. The van der Waals surface area contributed by atoms with Crippen molar-refractivity contribution in [2.75, 3.05) is 50.1 Å². The molecule has 1 aromatic carbocycles. The van der Waals surface area contributed by atoms with E-state index in [1.807, 2.05) is 23.1 Å². The average molecular weight is 388 g/mol. The molecule has 0 unspecified atom stereocenters. The van der Waals surface area contributed by atoms with E-state index in [1.165, 1.54) is 7.11 Å². The van der Waals surface area contributed by atoms with E-state index >= 15 is 0 Å². The molecule has 28 heavy (non-hydrogen) atoms. The van der Waals surface area contributed by atoms with E-state index in [1.54, 1.807) is 0 Å². The Morgan fingerprint density at radius 3 is 2.25 bits per heavy atom. The monoisotopic (exact) mass is 387 g/mol. The Labute approximate surface area is 168 Å². The van der Waals surface area contributed by atoms with Gasteiger partial charge >= 0.3 is 0 Å². The Balaban J connectivity index is 1.85. The molecule has 2 fully saturated rings. The number of hydrogen-bond acceptors (Lipinski definition) is 4. The van der Waals surface area contributed by atoms with Gasteiger partial charge < -0.3 is 19.9 Å². The zero-order valence-electron chi connectivity index (χ0n) is 17.4. The molecule has 1 aromatic rings. The van der Waals surface area contributed by atoms with Gasteiger partial charge in [-0.2, -0.15) is 0 Å². The minimum atomic E-state index is -0.216. The largest absolute Gasteiger partial charge is 0.375 e. The predicted molar refractivity (Wildman–Crippen MR) is 112 cm³/mol. The zero-order chi connectivity index (χ0) is 20.1. The lowest BCUT2D eigenvalue weighted by molar-refractivity contribution is -0.119. The summed E-state index contributed by atoms with van der Waals surface area (Å²) in [5.74, 6) is 1.26. The fourth-order valence-electron chi connectivity index (χ4n) is 4.02. The second-order valence-corrected chi connectivity index (χ2v) is 8.36. The number of benzene rings is 1. The van der Waals surface area contributed by atoms with Crippen LogP contribution in [0.3, 0.4) is 0 Å². The molecule has 154 valence electrons. The minimum absolute atomic E-state index is 0.000934. The van der Waals surface area contributed by atoms with Crippen LogP contribution in [0.2, 0.25) is 0 Å². The molecule has 2 aliphatic heterocycles. The maximum atomic E-state index is 13.4. The van der Waals surface area contributed by atoms with Gasteiger partial charge in [0.2, 0.25) is 5.91 Å². The molecule has 2 amide bonds. The van der Waals surface area contributed by atoms with Crippen LogP contribution in [0.1, 0.15) is 49.9 Å². The van der Waals surface area contributed by atoms with Crippen LogP contribution in [0.4, 0.5) is 11.4 Å².